The second-order valence-corrected chi connectivity index (χ2v) is 9.66. The highest BCUT2D eigenvalue weighted by Crippen LogP contribution is 2.17. The van der Waals surface area contributed by atoms with Gasteiger partial charge in [-0.05, 0) is 32.4 Å². The number of carbonyl (C=O) groups is 1. The van der Waals surface area contributed by atoms with Gasteiger partial charge in [0.05, 0.1) is 11.4 Å². The van der Waals surface area contributed by atoms with E-state index in [1.165, 1.54) is 11.3 Å². The Kier molecular flexibility index (Phi) is 6.77. The second-order valence-electron chi connectivity index (χ2n) is 6.65. The summed E-state index contributed by atoms with van der Waals surface area (Å²) in [5, 5.41) is 5.12. The molecule has 142 valence electrons. The van der Waals surface area contributed by atoms with Gasteiger partial charge in [0.2, 0.25) is 5.91 Å². The summed E-state index contributed by atoms with van der Waals surface area (Å²) in [5.74, 6) is -0.551. The van der Waals surface area contributed by atoms with Crippen molar-refractivity contribution in [2.24, 2.45) is 0 Å². The molecular weight excluding hydrogens is 372 g/mol. The van der Waals surface area contributed by atoms with Gasteiger partial charge < -0.3 is 10.1 Å². The first-order valence-corrected chi connectivity index (χ1v) is 11.0. The molecule has 6 nitrogen and oxygen atoms in total. The van der Waals surface area contributed by atoms with Crippen LogP contribution in [0.3, 0.4) is 0 Å². The van der Waals surface area contributed by atoms with Crippen LogP contribution in [0.15, 0.2) is 35.7 Å². The van der Waals surface area contributed by atoms with Gasteiger partial charge in [-0.15, -0.1) is 11.3 Å². The van der Waals surface area contributed by atoms with Gasteiger partial charge in [0, 0.05) is 10.9 Å². The maximum Gasteiger partial charge on any atom is 0.235 e. The lowest BCUT2D eigenvalue weighted by atomic mass is 10.0. The van der Waals surface area contributed by atoms with E-state index in [0.29, 0.717) is 10.7 Å². The first kappa shape index (κ1) is 20.4. The molecule has 0 aliphatic carbocycles. The number of aromatic nitrogens is 1. The molecule has 0 fully saturated rings. The SMILES string of the molecule is CCC(C)(C)NC(=O)CS(=O)(=O)Cc1csc(COc2ccccc2)n1. The van der Waals surface area contributed by atoms with Crippen LogP contribution in [0.1, 0.15) is 37.9 Å². The van der Waals surface area contributed by atoms with Crippen LogP contribution < -0.4 is 10.1 Å². The van der Waals surface area contributed by atoms with Crippen LogP contribution in [0.4, 0.5) is 0 Å². The quantitative estimate of drug-likeness (QED) is 0.704. The molecule has 2 aromatic rings. The number of ether oxygens (including phenoxy) is 1. The second kappa shape index (κ2) is 8.64. The van der Waals surface area contributed by atoms with Gasteiger partial charge in [-0.3, -0.25) is 4.79 Å². The van der Waals surface area contributed by atoms with E-state index in [2.05, 4.69) is 10.3 Å². The average Bonchev–Trinajstić information content (AvgIpc) is 2.99. The molecule has 0 spiro atoms. The van der Waals surface area contributed by atoms with Crippen molar-refractivity contribution in [2.75, 3.05) is 5.75 Å². The Labute approximate surface area is 158 Å². The molecule has 26 heavy (non-hydrogen) atoms. The molecule has 1 aromatic carbocycles. The topological polar surface area (TPSA) is 85.4 Å². The molecule has 0 saturated heterocycles. The van der Waals surface area contributed by atoms with E-state index < -0.39 is 27.0 Å². The summed E-state index contributed by atoms with van der Waals surface area (Å²) >= 11 is 1.34. The normalized spacial score (nSPS) is 12.0. The number of hydrogen-bond donors (Lipinski definition) is 1. The Morgan fingerprint density at radius 2 is 1.96 bits per heavy atom. The number of hydrogen-bond acceptors (Lipinski definition) is 6. The highest BCUT2D eigenvalue weighted by atomic mass is 32.2. The van der Waals surface area contributed by atoms with Crippen molar-refractivity contribution in [1.29, 1.82) is 0 Å². The lowest BCUT2D eigenvalue weighted by molar-refractivity contribution is -0.120. The van der Waals surface area contributed by atoms with Crippen LogP contribution in [-0.4, -0.2) is 30.6 Å². The van der Waals surface area contributed by atoms with Gasteiger partial charge >= 0.3 is 0 Å². The van der Waals surface area contributed by atoms with Gasteiger partial charge in [-0.2, -0.15) is 0 Å². The van der Waals surface area contributed by atoms with Crippen LogP contribution in [0.2, 0.25) is 0 Å². The first-order valence-electron chi connectivity index (χ1n) is 8.32. The zero-order chi connectivity index (χ0) is 19.2. The molecule has 8 heteroatoms. The average molecular weight is 397 g/mol. The minimum absolute atomic E-state index is 0.255. The lowest BCUT2D eigenvalue weighted by Crippen LogP contribution is -2.45. The van der Waals surface area contributed by atoms with Crippen LogP contribution in [0, 0.1) is 0 Å². The summed E-state index contributed by atoms with van der Waals surface area (Å²) in [6.07, 6.45) is 0.718. The molecule has 2 rings (SSSR count). The van der Waals surface area contributed by atoms with Gasteiger partial charge in [0.25, 0.3) is 0 Å². The van der Waals surface area contributed by atoms with Crippen molar-refractivity contribution in [3.05, 3.63) is 46.4 Å². The van der Waals surface area contributed by atoms with Crippen molar-refractivity contribution in [2.45, 2.75) is 45.1 Å². The Morgan fingerprint density at radius 3 is 2.62 bits per heavy atom. The molecular formula is C18H24N2O4S2. The molecule has 1 N–H and O–H groups in total. The van der Waals surface area contributed by atoms with Crippen molar-refractivity contribution in [3.8, 4) is 5.75 Å². The third-order valence-corrected chi connectivity index (χ3v) is 6.09. The van der Waals surface area contributed by atoms with Crippen molar-refractivity contribution >= 4 is 27.1 Å². The van der Waals surface area contributed by atoms with E-state index in [9.17, 15) is 13.2 Å². The minimum Gasteiger partial charge on any atom is -0.486 e. The van der Waals surface area contributed by atoms with Crippen molar-refractivity contribution in [1.82, 2.24) is 10.3 Å². The van der Waals surface area contributed by atoms with Crippen molar-refractivity contribution < 1.29 is 17.9 Å². The van der Waals surface area contributed by atoms with Crippen LogP contribution in [0.25, 0.3) is 0 Å². The fraction of sp³-hybridized carbons (Fsp3) is 0.444. The Hall–Kier alpha value is -1.93. The van der Waals surface area contributed by atoms with Crippen LogP contribution in [-0.2, 0) is 27.0 Å². The summed E-state index contributed by atoms with van der Waals surface area (Å²) in [6, 6.07) is 9.34. The molecule has 0 saturated carbocycles. The van der Waals surface area contributed by atoms with Gasteiger partial charge in [-0.25, -0.2) is 13.4 Å². The predicted octanol–water partition coefficient (Wildman–Crippen LogP) is 2.94. The molecule has 0 radical (unpaired) electrons. The number of amides is 1. The summed E-state index contributed by atoms with van der Waals surface area (Å²) in [5.41, 5.74) is 0.0130. The molecule has 0 aliphatic heterocycles. The fourth-order valence-electron chi connectivity index (χ4n) is 2.12. The van der Waals surface area contributed by atoms with E-state index >= 15 is 0 Å². The van der Waals surface area contributed by atoms with E-state index in [-0.39, 0.29) is 12.4 Å². The number of benzene rings is 1. The Bertz CT molecular complexity index is 830. The molecule has 0 atom stereocenters. The maximum absolute atomic E-state index is 12.2. The third kappa shape index (κ3) is 6.76. The molecule has 1 amide bonds. The number of nitrogens with one attached hydrogen (secondary N) is 1. The number of rotatable bonds is 9. The zero-order valence-corrected chi connectivity index (χ0v) is 16.8. The largest absolute Gasteiger partial charge is 0.486 e. The number of nitrogens with zero attached hydrogens (tertiary/aromatic N) is 1. The van der Waals surface area contributed by atoms with E-state index in [4.69, 9.17) is 4.74 Å². The fourth-order valence-corrected chi connectivity index (χ4v) is 4.10. The smallest absolute Gasteiger partial charge is 0.235 e. The zero-order valence-electron chi connectivity index (χ0n) is 15.2. The third-order valence-electron chi connectivity index (χ3n) is 3.79. The predicted molar refractivity (Wildman–Crippen MR) is 103 cm³/mol. The summed E-state index contributed by atoms with van der Waals surface area (Å²) in [7, 11) is -3.58. The number of carbonyl (C=O) groups excluding carboxylic acids is 1. The molecule has 1 aromatic heterocycles. The molecule has 0 aliphatic rings. The maximum atomic E-state index is 12.2. The molecule has 1 heterocycles. The van der Waals surface area contributed by atoms with E-state index in [1.807, 2.05) is 51.1 Å². The van der Waals surface area contributed by atoms with E-state index in [1.54, 1.807) is 5.38 Å². The first-order chi connectivity index (χ1) is 12.2. The lowest BCUT2D eigenvalue weighted by Gasteiger charge is -2.24. The van der Waals surface area contributed by atoms with Gasteiger partial charge in [0.1, 0.15) is 23.1 Å². The standard InChI is InChI=1S/C18H24N2O4S2/c1-4-18(2,3)20-16(21)13-26(22,23)12-14-11-25-17(19-14)10-24-15-8-6-5-7-9-15/h5-9,11H,4,10,12-13H2,1-3H3,(H,20,21). The Balaban J connectivity index is 1.89. The van der Waals surface area contributed by atoms with E-state index in [0.717, 1.165) is 12.2 Å². The number of thiazole rings is 1. The number of para-hydroxylation sites is 1. The number of sulfone groups is 1. The monoisotopic (exact) mass is 396 g/mol. The summed E-state index contributed by atoms with van der Waals surface area (Å²) < 4.78 is 30.1. The summed E-state index contributed by atoms with van der Waals surface area (Å²) in [4.78, 5) is 16.3. The minimum atomic E-state index is -3.58. The summed E-state index contributed by atoms with van der Waals surface area (Å²) in [6.45, 7) is 5.93. The highest BCUT2D eigenvalue weighted by Gasteiger charge is 2.23. The van der Waals surface area contributed by atoms with Crippen LogP contribution >= 0.6 is 11.3 Å². The van der Waals surface area contributed by atoms with Crippen molar-refractivity contribution in [3.63, 3.8) is 0 Å². The highest BCUT2D eigenvalue weighted by molar-refractivity contribution is 7.91. The Morgan fingerprint density at radius 1 is 1.27 bits per heavy atom. The molecule has 0 bridgehead atoms. The molecule has 0 unspecified atom stereocenters. The van der Waals surface area contributed by atoms with Gasteiger partial charge in [0.15, 0.2) is 9.84 Å². The van der Waals surface area contributed by atoms with Crippen LogP contribution in [0.5, 0.6) is 5.75 Å². The van der Waals surface area contributed by atoms with Gasteiger partial charge in [-0.1, -0.05) is 25.1 Å².